The van der Waals surface area contributed by atoms with Crippen molar-refractivity contribution in [1.29, 1.82) is 0 Å². The van der Waals surface area contributed by atoms with Gasteiger partial charge in [-0.3, -0.25) is 9.36 Å². The molecule has 0 fully saturated rings. The molecule has 2 heterocycles. The third-order valence-corrected chi connectivity index (χ3v) is 4.96. The number of ether oxygens (including phenoxy) is 3. The van der Waals surface area contributed by atoms with Crippen LogP contribution < -0.4 is 25.3 Å². The van der Waals surface area contributed by atoms with E-state index in [0.29, 0.717) is 33.9 Å². The number of aryl methyl sites for hydroxylation is 1. The van der Waals surface area contributed by atoms with Gasteiger partial charge in [-0.25, -0.2) is 4.79 Å². The molecular weight excluding hydrogens is 432 g/mol. The van der Waals surface area contributed by atoms with E-state index >= 15 is 0 Å². The maximum Gasteiger partial charge on any atom is 0.420 e. The summed E-state index contributed by atoms with van der Waals surface area (Å²) in [5, 5.41) is 6.51. The largest absolute Gasteiger partial charge is 0.493 e. The van der Waals surface area contributed by atoms with Crippen molar-refractivity contribution in [1.82, 2.24) is 20.0 Å². The number of hydrogen-bond donors (Lipinski definition) is 1. The second-order valence-corrected chi connectivity index (χ2v) is 7.16. The number of carbonyl (C=O) groups excluding carboxylic acids is 1. The van der Waals surface area contributed by atoms with Gasteiger partial charge in [0.1, 0.15) is 0 Å². The van der Waals surface area contributed by atoms with Gasteiger partial charge in [-0.05, 0) is 42.3 Å². The number of nitrogens with one attached hydrogen (secondary N) is 1. The molecule has 11 heteroatoms. The van der Waals surface area contributed by atoms with E-state index in [1.54, 1.807) is 18.2 Å². The average Bonchev–Trinajstić information content (AvgIpc) is 3.41. The van der Waals surface area contributed by atoms with Crippen LogP contribution >= 0.6 is 0 Å². The van der Waals surface area contributed by atoms with E-state index in [1.165, 1.54) is 25.9 Å². The van der Waals surface area contributed by atoms with Crippen molar-refractivity contribution in [2.45, 2.75) is 20.0 Å². The van der Waals surface area contributed by atoms with E-state index in [2.05, 4.69) is 15.5 Å². The first-order chi connectivity index (χ1) is 15.9. The lowest BCUT2D eigenvalue weighted by Gasteiger charge is -2.14. The van der Waals surface area contributed by atoms with Gasteiger partial charge in [-0.1, -0.05) is 11.2 Å². The minimum Gasteiger partial charge on any atom is -0.493 e. The summed E-state index contributed by atoms with van der Waals surface area (Å²) in [4.78, 5) is 28.8. The van der Waals surface area contributed by atoms with Crippen LogP contribution in [0.4, 0.5) is 0 Å². The molecule has 0 saturated carbocycles. The molecule has 0 unspecified atom stereocenters. The molecule has 0 aliphatic carbocycles. The number of methoxy groups -OCH3 is 3. The fraction of sp³-hybridized carbons (Fsp3) is 0.273. The number of rotatable bonds is 8. The van der Waals surface area contributed by atoms with Crippen LogP contribution in [0.3, 0.4) is 0 Å². The molecule has 0 saturated heterocycles. The zero-order valence-electron chi connectivity index (χ0n) is 18.5. The highest BCUT2D eigenvalue weighted by Gasteiger charge is 2.19. The summed E-state index contributed by atoms with van der Waals surface area (Å²) in [5.74, 6) is 0.211. The summed E-state index contributed by atoms with van der Waals surface area (Å²) in [5.41, 5.74) is 2.75. The maximum absolute atomic E-state index is 12.5. The quantitative estimate of drug-likeness (QED) is 0.426. The fourth-order valence-corrected chi connectivity index (χ4v) is 3.37. The van der Waals surface area contributed by atoms with Crippen LogP contribution in [-0.2, 0) is 13.1 Å². The van der Waals surface area contributed by atoms with Crippen LogP contribution in [0, 0.1) is 6.92 Å². The highest BCUT2D eigenvalue weighted by molar-refractivity contribution is 5.89. The summed E-state index contributed by atoms with van der Waals surface area (Å²) in [6.45, 7) is 2.06. The van der Waals surface area contributed by atoms with Crippen LogP contribution in [0.5, 0.6) is 17.2 Å². The van der Waals surface area contributed by atoms with Gasteiger partial charge in [-0.2, -0.15) is 4.98 Å². The van der Waals surface area contributed by atoms with Crippen LogP contribution in [-0.4, -0.2) is 41.9 Å². The first-order valence-electron chi connectivity index (χ1n) is 9.93. The third kappa shape index (κ3) is 4.38. The van der Waals surface area contributed by atoms with Gasteiger partial charge in [0.25, 0.3) is 0 Å². The molecule has 0 aliphatic heterocycles. The van der Waals surface area contributed by atoms with E-state index in [-0.39, 0.29) is 24.8 Å². The van der Waals surface area contributed by atoms with Crippen molar-refractivity contribution in [2.75, 3.05) is 21.3 Å². The number of carbonyl (C=O) groups is 1. The molecule has 2 aromatic carbocycles. The Kier molecular flexibility index (Phi) is 6.03. The summed E-state index contributed by atoms with van der Waals surface area (Å²) in [6, 6.07) is 8.84. The van der Waals surface area contributed by atoms with Crippen LogP contribution in [0.2, 0.25) is 0 Å². The highest BCUT2D eigenvalue weighted by Crippen LogP contribution is 2.38. The van der Waals surface area contributed by atoms with Crippen LogP contribution in [0.25, 0.3) is 11.1 Å². The second kappa shape index (κ2) is 9.07. The molecule has 11 nitrogen and oxygen atoms in total. The van der Waals surface area contributed by atoms with Gasteiger partial charge in [0.2, 0.25) is 5.75 Å². The maximum atomic E-state index is 12.5. The lowest BCUT2D eigenvalue weighted by atomic mass is 10.1. The van der Waals surface area contributed by atoms with E-state index in [4.69, 9.17) is 23.2 Å². The molecule has 1 N–H and O–H groups in total. The van der Waals surface area contributed by atoms with E-state index in [1.807, 2.05) is 19.1 Å². The summed E-state index contributed by atoms with van der Waals surface area (Å²) < 4.78 is 27.6. The van der Waals surface area contributed by atoms with Crippen LogP contribution in [0.15, 0.2) is 44.1 Å². The number of oxazole rings is 1. The molecule has 2 aromatic heterocycles. The Labute approximate surface area is 187 Å². The molecule has 0 spiro atoms. The monoisotopic (exact) mass is 454 g/mol. The molecule has 0 aliphatic rings. The number of amides is 1. The SMILES string of the molecule is COc1cc(CNC(=O)c2nc(Cn3c(=O)oc4ccc(C)cc43)no2)cc(OC)c1OC. The van der Waals surface area contributed by atoms with E-state index in [0.717, 1.165) is 5.56 Å². The van der Waals surface area contributed by atoms with Gasteiger partial charge < -0.3 is 28.5 Å². The highest BCUT2D eigenvalue weighted by atomic mass is 16.5. The molecule has 33 heavy (non-hydrogen) atoms. The Balaban J connectivity index is 1.48. The predicted octanol–water partition coefficient (Wildman–Crippen LogP) is 2.29. The third-order valence-electron chi connectivity index (χ3n) is 4.96. The zero-order valence-corrected chi connectivity index (χ0v) is 18.5. The van der Waals surface area contributed by atoms with Crippen molar-refractivity contribution in [2.24, 2.45) is 0 Å². The molecule has 0 atom stereocenters. The molecule has 1 amide bonds. The van der Waals surface area contributed by atoms with Gasteiger partial charge in [-0.15, -0.1) is 0 Å². The van der Waals surface area contributed by atoms with Gasteiger partial charge >= 0.3 is 17.6 Å². The molecule has 4 rings (SSSR count). The van der Waals surface area contributed by atoms with Crippen LogP contribution in [0.1, 0.15) is 27.6 Å². The summed E-state index contributed by atoms with van der Waals surface area (Å²) in [6.07, 6.45) is 0. The molecule has 4 aromatic rings. The molecule has 172 valence electrons. The minimum atomic E-state index is -0.567. The number of nitrogens with zero attached hydrogens (tertiary/aromatic N) is 3. The fourth-order valence-electron chi connectivity index (χ4n) is 3.37. The smallest absolute Gasteiger partial charge is 0.420 e. The average molecular weight is 454 g/mol. The molecular formula is C22H22N4O7. The van der Waals surface area contributed by atoms with Gasteiger partial charge in [0.15, 0.2) is 22.9 Å². The Morgan fingerprint density at radius 3 is 2.48 bits per heavy atom. The number of hydrogen-bond acceptors (Lipinski definition) is 9. The van der Waals surface area contributed by atoms with Crippen molar-refractivity contribution in [3.63, 3.8) is 0 Å². The molecule has 0 bridgehead atoms. The van der Waals surface area contributed by atoms with Crippen molar-refractivity contribution in [3.8, 4) is 17.2 Å². The first kappa shape index (κ1) is 21.9. The lowest BCUT2D eigenvalue weighted by Crippen LogP contribution is -2.23. The normalized spacial score (nSPS) is 10.9. The van der Waals surface area contributed by atoms with Crippen molar-refractivity contribution in [3.05, 3.63) is 63.7 Å². The summed E-state index contributed by atoms with van der Waals surface area (Å²) >= 11 is 0. The Morgan fingerprint density at radius 1 is 1.09 bits per heavy atom. The first-order valence-corrected chi connectivity index (χ1v) is 9.93. The lowest BCUT2D eigenvalue weighted by molar-refractivity contribution is 0.0907. The zero-order chi connectivity index (χ0) is 23.5. The predicted molar refractivity (Wildman–Crippen MR) is 116 cm³/mol. The van der Waals surface area contributed by atoms with Crippen molar-refractivity contribution >= 4 is 17.0 Å². The number of aromatic nitrogens is 3. The Morgan fingerprint density at radius 2 is 1.82 bits per heavy atom. The Bertz CT molecular complexity index is 1340. The van der Waals surface area contributed by atoms with E-state index in [9.17, 15) is 9.59 Å². The molecule has 0 radical (unpaired) electrons. The second-order valence-electron chi connectivity index (χ2n) is 7.16. The van der Waals surface area contributed by atoms with Gasteiger partial charge in [0.05, 0.1) is 33.4 Å². The standard InChI is InChI=1S/C22H22N4O7/c1-12-5-6-15-14(7-12)26(22(28)32-15)11-18-24-21(33-25-18)20(27)23-10-13-8-16(29-2)19(31-4)17(9-13)30-3/h5-9H,10-11H2,1-4H3,(H,23,27). The van der Waals surface area contributed by atoms with Gasteiger partial charge in [0, 0.05) is 6.54 Å². The number of fused-ring (bicyclic) bond motifs is 1. The Hall–Kier alpha value is -4.28. The van der Waals surface area contributed by atoms with E-state index < -0.39 is 11.7 Å². The topological polar surface area (TPSA) is 131 Å². The van der Waals surface area contributed by atoms with Crippen molar-refractivity contribution < 1.29 is 27.9 Å². The summed E-state index contributed by atoms with van der Waals surface area (Å²) in [7, 11) is 4.53. The number of benzene rings is 2. The minimum absolute atomic E-state index is 0.00105.